The maximum Gasteiger partial charge on any atom is 0.310 e. The van der Waals surface area contributed by atoms with Crippen LogP contribution in [0.15, 0.2) is 68.8 Å². The Morgan fingerprint density at radius 3 is 2.53 bits per heavy atom. The molecule has 1 amide bonds. The van der Waals surface area contributed by atoms with Crippen LogP contribution in [0.5, 0.6) is 11.5 Å². The van der Waals surface area contributed by atoms with Gasteiger partial charge in [0, 0.05) is 12.0 Å². The number of methoxy groups -OCH3 is 2. The molecule has 1 aliphatic heterocycles. The third-order valence-electron chi connectivity index (χ3n) is 4.87. The number of hydrogen-bond acceptors (Lipinski definition) is 5. The Balaban J connectivity index is 1.77. The van der Waals surface area contributed by atoms with Crippen LogP contribution >= 0.6 is 15.9 Å². The molecule has 1 atom stereocenters. The zero-order chi connectivity index (χ0) is 21.3. The Morgan fingerprint density at radius 1 is 1.13 bits per heavy atom. The SMILES string of the molecule is COc1ccc(OC)c(C2=NN(C(=O)c3ccc(Br)o3)[C@H](c3ccc(F)cc3)C2)c1. The highest BCUT2D eigenvalue weighted by Gasteiger charge is 2.36. The summed E-state index contributed by atoms with van der Waals surface area (Å²) in [6, 6.07) is 14.2. The number of carbonyl (C=O) groups is 1. The fraction of sp³-hybridized carbons (Fsp3) is 0.182. The zero-order valence-electron chi connectivity index (χ0n) is 16.3. The van der Waals surface area contributed by atoms with Gasteiger partial charge in [0.2, 0.25) is 0 Å². The highest BCUT2D eigenvalue weighted by atomic mass is 79.9. The molecule has 2 aromatic carbocycles. The van der Waals surface area contributed by atoms with Crippen LogP contribution in [0.2, 0.25) is 0 Å². The Morgan fingerprint density at radius 2 is 1.90 bits per heavy atom. The van der Waals surface area contributed by atoms with E-state index < -0.39 is 11.9 Å². The molecule has 0 saturated carbocycles. The molecule has 0 unspecified atom stereocenters. The first-order chi connectivity index (χ1) is 14.5. The molecule has 3 aromatic rings. The van der Waals surface area contributed by atoms with Gasteiger partial charge in [-0.1, -0.05) is 12.1 Å². The van der Waals surface area contributed by atoms with Gasteiger partial charge in [-0.15, -0.1) is 0 Å². The number of carbonyl (C=O) groups excluding carboxylic acids is 1. The second kappa shape index (κ2) is 8.31. The van der Waals surface area contributed by atoms with Crippen LogP contribution in [0.25, 0.3) is 0 Å². The van der Waals surface area contributed by atoms with E-state index in [2.05, 4.69) is 21.0 Å². The fourth-order valence-electron chi connectivity index (χ4n) is 3.39. The molecular weight excluding hydrogens is 455 g/mol. The summed E-state index contributed by atoms with van der Waals surface area (Å²) >= 11 is 3.22. The van der Waals surface area contributed by atoms with Crippen LogP contribution in [-0.4, -0.2) is 30.8 Å². The van der Waals surface area contributed by atoms with Crippen molar-refractivity contribution in [3.63, 3.8) is 0 Å². The molecule has 8 heteroatoms. The number of nitrogens with zero attached hydrogens (tertiary/aromatic N) is 2. The molecule has 0 radical (unpaired) electrons. The smallest absolute Gasteiger partial charge is 0.310 e. The molecule has 4 rings (SSSR count). The van der Waals surface area contributed by atoms with E-state index in [0.717, 1.165) is 11.1 Å². The first kappa shape index (κ1) is 20.2. The lowest BCUT2D eigenvalue weighted by atomic mass is 9.97. The van der Waals surface area contributed by atoms with Gasteiger partial charge in [-0.25, -0.2) is 9.40 Å². The first-order valence-corrected chi connectivity index (χ1v) is 9.93. The van der Waals surface area contributed by atoms with Gasteiger partial charge in [-0.3, -0.25) is 4.79 Å². The molecule has 30 heavy (non-hydrogen) atoms. The van der Waals surface area contributed by atoms with Crippen molar-refractivity contribution in [2.75, 3.05) is 14.2 Å². The summed E-state index contributed by atoms with van der Waals surface area (Å²) in [4.78, 5) is 13.1. The Bertz CT molecular complexity index is 1110. The second-order valence-corrected chi connectivity index (χ2v) is 7.42. The lowest BCUT2D eigenvalue weighted by Crippen LogP contribution is -2.26. The van der Waals surface area contributed by atoms with Crippen molar-refractivity contribution < 1.29 is 23.1 Å². The van der Waals surface area contributed by atoms with E-state index >= 15 is 0 Å². The van der Waals surface area contributed by atoms with Crippen LogP contribution in [0.1, 0.15) is 34.1 Å². The van der Waals surface area contributed by atoms with Crippen molar-refractivity contribution in [1.29, 1.82) is 0 Å². The number of ether oxygens (including phenoxy) is 2. The fourth-order valence-corrected chi connectivity index (χ4v) is 3.69. The molecular formula is C22H18BrFN2O4. The lowest BCUT2D eigenvalue weighted by molar-refractivity contribution is 0.0677. The number of furan rings is 1. The standard InChI is InChI=1S/C22H18BrFN2O4/c1-28-15-7-8-19(29-2)16(11-15)17-12-18(13-3-5-14(24)6-4-13)26(25-17)22(27)20-9-10-21(23)30-20/h3-11,18H,12H2,1-2H3/t18-/m0/s1. The van der Waals surface area contributed by atoms with Gasteiger partial charge in [0.05, 0.1) is 26.0 Å². The van der Waals surface area contributed by atoms with Crippen LogP contribution < -0.4 is 9.47 Å². The van der Waals surface area contributed by atoms with Crippen molar-refractivity contribution in [3.05, 3.63) is 82.0 Å². The van der Waals surface area contributed by atoms with Gasteiger partial charge in [0.15, 0.2) is 10.4 Å². The van der Waals surface area contributed by atoms with Gasteiger partial charge < -0.3 is 13.9 Å². The number of amides is 1. The van der Waals surface area contributed by atoms with Crippen LogP contribution in [-0.2, 0) is 0 Å². The molecule has 0 fully saturated rings. The van der Waals surface area contributed by atoms with E-state index in [9.17, 15) is 9.18 Å². The van der Waals surface area contributed by atoms with Crippen molar-refractivity contribution in [1.82, 2.24) is 5.01 Å². The van der Waals surface area contributed by atoms with Gasteiger partial charge in [-0.05, 0) is 64.0 Å². The van der Waals surface area contributed by atoms with Gasteiger partial charge in [-0.2, -0.15) is 5.10 Å². The average molecular weight is 473 g/mol. The van der Waals surface area contributed by atoms with Crippen molar-refractivity contribution >= 4 is 27.5 Å². The van der Waals surface area contributed by atoms with E-state index in [-0.39, 0.29) is 11.6 Å². The van der Waals surface area contributed by atoms with Gasteiger partial charge in [0.1, 0.15) is 17.3 Å². The van der Waals surface area contributed by atoms with E-state index in [0.29, 0.717) is 28.3 Å². The molecule has 2 heterocycles. The Hall–Kier alpha value is -3.13. The number of hydrogen-bond donors (Lipinski definition) is 0. The van der Waals surface area contributed by atoms with E-state index in [1.165, 1.54) is 17.1 Å². The Kier molecular flexibility index (Phi) is 5.59. The molecule has 154 valence electrons. The predicted molar refractivity (Wildman–Crippen MR) is 112 cm³/mol. The molecule has 1 aliphatic rings. The molecule has 0 spiro atoms. The molecule has 6 nitrogen and oxygen atoms in total. The van der Waals surface area contributed by atoms with E-state index in [1.807, 2.05) is 6.07 Å². The summed E-state index contributed by atoms with van der Waals surface area (Å²) in [7, 11) is 3.15. The second-order valence-electron chi connectivity index (χ2n) is 6.64. The van der Waals surface area contributed by atoms with Crippen LogP contribution in [0, 0.1) is 5.82 Å². The highest BCUT2D eigenvalue weighted by molar-refractivity contribution is 9.10. The van der Waals surface area contributed by atoms with Crippen molar-refractivity contribution in [2.24, 2.45) is 5.10 Å². The topological polar surface area (TPSA) is 64.3 Å². The quantitative estimate of drug-likeness (QED) is 0.512. The molecule has 0 saturated heterocycles. The summed E-state index contributed by atoms with van der Waals surface area (Å²) < 4.78 is 30.2. The predicted octanol–water partition coefficient (Wildman–Crippen LogP) is 5.19. The van der Waals surface area contributed by atoms with E-state index in [1.54, 1.807) is 50.6 Å². The third-order valence-corrected chi connectivity index (χ3v) is 5.30. The summed E-state index contributed by atoms with van der Waals surface area (Å²) in [5.74, 6) is 0.665. The minimum absolute atomic E-state index is 0.150. The first-order valence-electron chi connectivity index (χ1n) is 9.14. The summed E-state index contributed by atoms with van der Waals surface area (Å²) in [5, 5.41) is 5.97. The largest absolute Gasteiger partial charge is 0.497 e. The van der Waals surface area contributed by atoms with E-state index in [4.69, 9.17) is 13.9 Å². The number of benzene rings is 2. The number of hydrazone groups is 1. The minimum Gasteiger partial charge on any atom is -0.497 e. The Labute approximate surface area is 181 Å². The van der Waals surface area contributed by atoms with Gasteiger partial charge in [0.25, 0.3) is 0 Å². The summed E-state index contributed by atoms with van der Waals surface area (Å²) in [6.07, 6.45) is 0.419. The summed E-state index contributed by atoms with van der Waals surface area (Å²) in [5.41, 5.74) is 2.13. The molecule has 0 aliphatic carbocycles. The number of halogens is 2. The monoisotopic (exact) mass is 472 g/mol. The molecule has 0 bridgehead atoms. The maximum absolute atomic E-state index is 13.5. The maximum atomic E-state index is 13.5. The highest BCUT2D eigenvalue weighted by Crippen LogP contribution is 2.37. The van der Waals surface area contributed by atoms with Gasteiger partial charge >= 0.3 is 5.91 Å². The molecule has 1 aromatic heterocycles. The van der Waals surface area contributed by atoms with Crippen molar-refractivity contribution in [2.45, 2.75) is 12.5 Å². The van der Waals surface area contributed by atoms with Crippen molar-refractivity contribution in [3.8, 4) is 11.5 Å². The average Bonchev–Trinajstić information content (AvgIpc) is 3.40. The lowest BCUT2D eigenvalue weighted by Gasteiger charge is -2.21. The van der Waals surface area contributed by atoms with Crippen LogP contribution in [0.4, 0.5) is 4.39 Å². The molecule has 0 N–H and O–H groups in total. The van der Waals surface area contributed by atoms with Crippen LogP contribution in [0.3, 0.4) is 0 Å². The number of rotatable bonds is 5. The summed E-state index contributed by atoms with van der Waals surface area (Å²) in [6.45, 7) is 0. The zero-order valence-corrected chi connectivity index (χ0v) is 17.8. The third kappa shape index (κ3) is 3.82. The normalized spacial score (nSPS) is 15.8. The minimum atomic E-state index is -0.423.